The molecule has 1 amide bonds. The molecule has 5 rings (SSSR count). The van der Waals surface area contributed by atoms with Crippen LogP contribution in [0.3, 0.4) is 0 Å². The van der Waals surface area contributed by atoms with Gasteiger partial charge in [-0.3, -0.25) is 14.5 Å². The molecule has 0 saturated carbocycles. The second-order valence-corrected chi connectivity index (χ2v) is 10.4. The number of Topliss-reactive ketones (excluding diaryl/α,β-unsaturated/α-hetero) is 1. The fourth-order valence-electron chi connectivity index (χ4n) is 5.41. The zero-order valence-electron chi connectivity index (χ0n) is 23.9. The van der Waals surface area contributed by atoms with Gasteiger partial charge in [0.15, 0.2) is 0 Å². The van der Waals surface area contributed by atoms with E-state index in [1.54, 1.807) is 4.90 Å². The summed E-state index contributed by atoms with van der Waals surface area (Å²) in [4.78, 5) is 30.9. The zero-order chi connectivity index (χ0) is 28.6. The standard InChI is InChI=1S/C34H38N2O5/c1-3-40-29-13-10-27(11-14-29)32-31(33(37)34(38)36(32)17-7-16-35-18-20-39-21-19-35)23-28-12-15-30(22-25(28)2)41-24-26-8-5-4-6-9-26/h4-6,8-15,22-23,32H,3,7,16-21,24H2,1-2H3/b31-23+. The smallest absolute Gasteiger partial charge is 0.295 e. The first kappa shape index (κ1) is 28.6. The van der Waals surface area contributed by atoms with Crippen molar-refractivity contribution in [1.82, 2.24) is 9.80 Å². The minimum Gasteiger partial charge on any atom is -0.494 e. The van der Waals surface area contributed by atoms with E-state index >= 15 is 0 Å². The topological polar surface area (TPSA) is 68.3 Å². The van der Waals surface area contributed by atoms with Crippen molar-refractivity contribution in [2.75, 3.05) is 46.0 Å². The van der Waals surface area contributed by atoms with E-state index < -0.39 is 17.7 Å². The summed E-state index contributed by atoms with van der Waals surface area (Å²) in [5.74, 6) is 0.630. The largest absolute Gasteiger partial charge is 0.494 e. The van der Waals surface area contributed by atoms with Gasteiger partial charge < -0.3 is 19.1 Å². The molecule has 3 aromatic rings. The summed E-state index contributed by atoms with van der Waals surface area (Å²) < 4.78 is 17.1. The third kappa shape index (κ3) is 7.04. The molecule has 1 atom stereocenters. The lowest BCUT2D eigenvalue weighted by molar-refractivity contribution is -0.140. The van der Waals surface area contributed by atoms with E-state index in [1.165, 1.54) is 0 Å². The van der Waals surface area contributed by atoms with E-state index in [9.17, 15) is 9.59 Å². The number of likely N-dealkylation sites (tertiary alicyclic amines) is 1. The van der Waals surface area contributed by atoms with E-state index in [0.717, 1.165) is 73.0 Å². The van der Waals surface area contributed by atoms with Crippen LogP contribution in [0.1, 0.15) is 41.6 Å². The molecule has 2 aliphatic heterocycles. The van der Waals surface area contributed by atoms with Crippen LogP contribution in [-0.4, -0.2) is 67.5 Å². The fourth-order valence-corrected chi connectivity index (χ4v) is 5.41. The first-order chi connectivity index (χ1) is 20.0. The second kappa shape index (κ2) is 13.6. The van der Waals surface area contributed by atoms with Crippen LogP contribution in [0.2, 0.25) is 0 Å². The maximum Gasteiger partial charge on any atom is 0.295 e. The number of amides is 1. The highest BCUT2D eigenvalue weighted by Crippen LogP contribution is 2.38. The third-order valence-electron chi connectivity index (χ3n) is 7.61. The quantitative estimate of drug-likeness (QED) is 0.239. The van der Waals surface area contributed by atoms with Gasteiger partial charge >= 0.3 is 0 Å². The average Bonchev–Trinajstić information content (AvgIpc) is 3.23. The van der Waals surface area contributed by atoms with E-state index in [1.807, 2.05) is 92.7 Å². The summed E-state index contributed by atoms with van der Waals surface area (Å²) in [6.07, 6.45) is 2.66. The summed E-state index contributed by atoms with van der Waals surface area (Å²) in [6.45, 7) is 9.61. The molecule has 3 aromatic carbocycles. The Morgan fingerprint density at radius 3 is 2.34 bits per heavy atom. The molecular weight excluding hydrogens is 516 g/mol. The van der Waals surface area contributed by atoms with Crippen LogP contribution >= 0.6 is 0 Å². The Labute approximate surface area is 242 Å². The summed E-state index contributed by atoms with van der Waals surface area (Å²) in [5, 5.41) is 0. The Kier molecular flexibility index (Phi) is 9.49. The van der Waals surface area contributed by atoms with Crippen LogP contribution in [0.5, 0.6) is 11.5 Å². The van der Waals surface area contributed by atoms with E-state index in [-0.39, 0.29) is 0 Å². The highest BCUT2D eigenvalue weighted by molar-refractivity contribution is 6.46. The summed E-state index contributed by atoms with van der Waals surface area (Å²) in [6, 6.07) is 23.1. The molecule has 214 valence electrons. The molecule has 2 aliphatic rings. The molecule has 0 aliphatic carbocycles. The van der Waals surface area contributed by atoms with Crippen LogP contribution in [0.15, 0.2) is 78.4 Å². The molecule has 0 spiro atoms. The van der Waals surface area contributed by atoms with Gasteiger partial charge in [-0.2, -0.15) is 0 Å². The van der Waals surface area contributed by atoms with Crippen molar-refractivity contribution in [3.05, 3.63) is 101 Å². The number of aryl methyl sites for hydroxylation is 1. The van der Waals surface area contributed by atoms with Crippen LogP contribution in [0.25, 0.3) is 6.08 Å². The molecule has 1 unspecified atom stereocenters. The van der Waals surface area contributed by atoms with E-state index in [2.05, 4.69) is 4.90 Å². The molecule has 0 aromatic heterocycles. The second-order valence-electron chi connectivity index (χ2n) is 10.4. The van der Waals surface area contributed by atoms with Gasteiger partial charge in [0.05, 0.1) is 25.9 Å². The zero-order valence-corrected chi connectivity index (χ0v) is 23.9. The Hall–Kier alpha value is -3.94. The van der Waals surface area contributed by atoms with Crippen LogP contribution in [-0.2, 0) is 20.9 Å². The fraction of sp³-hybridized carbons (Fsp3) is 0.353. The molecule has 0 bridgehead atoms. The minimum atomic E-state index is -0.455. The number of benzene rings is 3. The highest BCUT2D eigenvalue weighted by Gasteiger charge is 2.43. The van der Waals surface area contributed by atoms with Crippen LogP contribution in [0, 0.1) is 6.92 Å². The van der Waals surface area contributed by atoms with Crippen molar-refractivity contribution in [3.63, 3.8) is 0 Å². The molecule has 7 nitrogen and oxygen atoms in total. The van der Waals surface area contributed by atoms with Gasteiger partial charge in [-0.1, -0.05) is 48.5 Å². The van der Waals surface area contributed by atoms with Gasteiger partial charge in [0.1, 0.15) is 18.1 Å². The number of hydrogen-bond acceptors (Lipinski definition) is 6. The summed E-state index contributed by atoms with van der Waals surface area (Å²) in [5.41, 5.74) is 4.34. The lowest BCUT2D eigenvalue weighted by atomic mass is 9.95. The molecule has 7 heteroatoms. The number of carbonyl (C=O) groups excluding carboxylic acids is 2. The van der Waals surface area contributed by atoms with Gasteiger partial charge in [-0.25, -0.2) is 0 Å². The molecule has 0 N–H and O–H groups in total. The van der Waals surface area contributed by atoms with E-state index in [4.69, 9.17) is 14.2 Å². The van der Waals surface area contributed by atoms with Crippen molar-refractivity contribution < 1.29 is 23.8 Å². The van der Waals surface area contributed by atoms with Crippen molar-refractivity contribution in [1.29, 1.82) is 0 Å². The molecule has 2 fully saturated rings. The van der Waals surface area contributed by atoms with Crippen LogP contribution in [0.4, 0.5) is 0 Å². The number of carbonyl (C=O) groups is 2. The third-order valence-corrected chi connectivity index (χ3v) is 7.61. The number of ether oxygens (including phenoxy) is 3. The predicted octanol–water partition coefficient (Wildman–Crippen LogP) is 5.23. The number of morpholine rings is 1. The lowest BCUT2D eigenvalue weighted by Gasteiger charge is -2.29. The van der Waals surface area contributed by atoms with Crippen LogP contribution < -0.4 is 9.47 Å². The minimum absolute atomic E-state index is 0.445. The van der Waals surface area contributed by atoms with Gasteiger partial charge in [-0.15, -0.1) is 0 Å². The van der Waals surface area contributed by atoms with Gasteiger partial charge in [0.25, 0.3) is 5.91 Å². The van der Waals surface area contributed by atoms with Gasteiger partial charge in [-0.05, 0) is 72.9 Å². The maximum absolute atomic E-state index is 13.4. The average molecular weight is 555 g/mol. The normalized spacial score (nSPS) is 18.7. The number of hydrogen-bond donors (Lipinski definition) is 0. The SMILES string of the molecule is CCOc1ccc(C2/C(=C\c3ccc(OCc4ccccc4)cc3C)C(=O)C(=O)N2CCCN2CCOCC2)cc1. The number of rotatable bonds is 11. The van der Waals surface area contributed by atoms with E-state index in [0.29, 0.717) is 25.3 Å². The molecule has 41 heavy (non-hydrogen) atoms. The number of ketones is 1. The molecule has 2 heterocycles. The Morgan fingerprint density at radius 2 is 1.63 bits per heavy atom. The molecule has 0 radical (unpaired) electrons. The lowest BCUT2D eigenvalue weighted by Crippen LogP contribution is -2.38. The van der Waals surface area contributed by atoms with Crippen molar-refractivity contribution in [3.8, 4) is 11.5 Å². The maximum atomic E-state index is 13.4. The monoisotopic (exact) mass is 554 g/mol. The Bertz CT molecular complexity index is 1360. The first-order valence-corrected chi connectivity index (χ1v) is 14.4. The summed E-state index contributed by atoms with van der Waals surface area (Å²) >= 11 is 0. The predicted molar refractivity (Wildman–Crippen MR) is 159 cm³/mol. The molecule has 2 saturated heterocycles. The van der Waals surface area contributed by atoms with Crippen molar-refractivity contribution in [2.45, 2.75) is 32.9 Å². The number of nitrogens with zero attached hydrogens (tertiary/aromatic N) is 2. The molecular formula is C34H38N2O5. The highest BCUT2D eigenvalue weighted by atomic mass is 16.5. The summed E-state index contributed by atoms with van der Waals surface area (Å²) in [7, 11) is 0. The Balaban J connectivity index is 1.38. The first-order valence-electron chi connectivity index (χ1n) is 14.4. The Morgan fingerprint density at radius 1 is 0.902 bits per heavy atom. The van der Waals surface area contributed by atoms with Crippen molar-refractivity contribution >= 4 is 17.8 Å². The van der Waals surface area contributed by atoms with Gasteiger partial charge in [0, 0.05) is 31.8 Å². The van der Waals surface area contributed by atoms with Crippen molar-refractivity contribution in [2.24, 2.45) is 0 Å². The van der Waals surface area contributed by atoms with Gasteiger partial charge in [0.2, 0.25) is 5.78 Å².